The molecule has 0 radical (unpaired) electrons. The molecule has 1 aliphatic carbocycles. The second kappa shape index (κ2) is 12.1. The molecule has 1 saturated carbocycles. The number of carboxylic acids is 1. The summed E-state index contributed by atoms with van der Waals surface area (Å²) in [6, 6.07) is 16.2. The van der Waals surface area contributed by atoms with Crippen LogP contribution in [0.3, 0.4) is 0 Å². The molecule has 2 bridgehead atoms. The van der Waals surface area contributed by atoms with Crippen LogP contribution in [0.5, 0.6) is 0 Å². The molecule has 6 rings (SSSR count). The van der Waals surface area contributed by atoms with Crippen molar-refractivity contribution in [2.45, 2.75) is 107 Å². The Balaban J connectivity index is 1.33. The SMILES string of the molecule is O=C(NC(C(=O)O)c1ccccc1)c1nc2ccccc2n(C2CC3CCC[C@@H](C2)N3C2CCCCCCC2)c1=O. The van der Waals surface area contributed by atoms with Gasteiger partial charge in [0, 0.05) is 24.2 Å². The summed E-state index contributed by atoms with van der Waals surface area (Å²) in [4.78, 5) is 46.9. The first-order valence-electron chi connectivity index (χ1n) is 15.4. The highest BCUT2D eigenvalue weighted by Gasteiger charge is 2.42. The minimum Gasteiger partial charge on any atom is -0.479 e. The number of carbonyl (C=O) groups is 2. The number of fused-ring (bicyclic) bond motifs is 3. The lowest BCUT2D eigenvalue weighted by atomic mass is 9.79. The molecule has 2 aliphatic heterocycles. The molecular formula is C33H40N4O4. The number of hydrogen-bond donors (Lipinski definition) is 2. The average Bonchev–Trinajstić information content (AvgIpc) is 2.95. The van der Waals surface area contributed by atoms with Crippen LogP contribution in [0.1, 0.15) is 105 Å². The minimum absolute atomic E-state index is 0.0357. The number of rotatable bonds is 6. The highest BCUT2D eigenvalue weighted by Crippen LogP contribution is 2.42. The zero-order valence-electron chi connectivity index (χ0n) is 23.6. The van der Waals surface area contributed by atoms with Gasteiger partial charge in [-0.25, -0.2) is 9.78 Å². The van der Waals surface area contributed by atoms with Crippen LogP contribution in [0.15, 0.2) is 59.4 Å². The fourth-order valence-corrected chi connectivity index (χ4v) is 7.73. The van der Waals surface area contributed by atoms with E-state index in [0.29, 0.717) is 29.2 Å². The molecule has 4 atom stereocenters. The molecular weight excluding hydrogens is 516 g/mol. The largest absolute Gasteiger partial charge is 0.479 e. The highest BCUT2D eigenvalue weighted by molar-refractivity contribution is 5.96. The zero-order valence-corrected chi connectivity index (χ0v) is 23.6. The summed E-state index contributed by atoms with van der Waals surface area (Å²) in [5.41, 5.74) is 1.04. The van der Waals surface area contributed by atoms with Gasteiger partial charge in [0.1, 0.15) is 0 Å². The van der Waals surface area contributed by atoms with Gasteiger partial charge in [-0.1, -0.05) is 81.0 Å². The van der Waals surface area contributed by atoms with Crippen molar-refractivity contribution in [3.63, 3.8) is 0 Å². The third-order valence-electron chi connectivity index (χ3n) is 9.53. The molecule has 8 heteroatoms. The molecule has 8 nitrogen and oxygen atoms in total. The van der Waals surface area contributed by atoms with Gasteiger partial charge < -0.3 is 15.0 Å². The van der Waals surface area contributed by atoms with Crippen molar-refractivity contribution in [1.82, 2.24) is 19.8 Å². The van der Waals surface area contributed by atoms with Crippen LogP contribution in [0.2, 0.25) is 0 Å². The molecule has 3 aromatic rings. The van der Waals surface area contributed by atoms with Gasteiger partial charge in [0.25, 0.3) is 11.5 Å². The van der Waals surface area contributed by atoms with E-state index in [0.717, 1.165) is 31.2 Å². The van der Waals surface area contributed by atoms with Crippen molar-refractivity contribution < 1.29 is 14.7 Å². The molecule has 216 valence electrons. The number of hydrogen-bond acceptors (Lipinski definition) is 5. The summed E-state index contributed by atoms with van der Waals surface area (Å²) in [7, 11) is 0. The normalized spacial score (nSPS) is 24.7. The Morgan fingerprint density at radius 1 is 0.780 bits per heavy atom. The summed E-state index contributed by atoms with van der Waals surface area (Å²) >= 11 is 0. The molecule has 3 unspecified atom stereocenters. The summed E-state index contributed by atoms with van der Waals surface area (Å²) in [6.45, 7) is 0. The number of para-hydroxylation sites is 2. The van der Waals surface area contributed by atoms with Crippen molar-refractivity contribution in [1.29, 1.82) is 0 Å². The first-order chi connectivity index (χ1) is 20.0. The summed E-state index contributed by atoms with van der Waals surface area (Å²) < 4.78 is 1.80. The first kappa shape index (κ1) is 27.6. The van der Waals surface area contributed by atoms with Gasteiger partial charge in [-0.15, -0.1) is 0 Å². The topological polar surface area (TPSA) is 105 Å². The number of benzene rings is 2. The quantitative estimate of drug-likeness (QED) is 0.408. The van der Waals surface area contributed by atoms with Crippen molar-refractivity contribution in [2.75, 3.05) is 0 Å². The number of amides is 1. The summed E-state index contributed by atoms with van der Waals surface area (Å²) in [5, 5.41) is 12.4. The average molecular weight is 557 g/mol. The summed E-state index contributed by atoms with van der Waals surface area (Å²) in [5.74, 6) is -1.96. The van der Waals surface area contributed by atoms with E-state index >= 15 is 0 Å². The maximum absolute atomic E-state index is 14.1. The van der Waals surface area contributed by atoms with E-state index in [9.17, 15) is 19.5 Å². The Morgan fingerprint density at radius 3 is 2.07 bits per heavy atom. The fourth-order valence-electron chi connectivity index (χ4n) is 7.73. The molecule has 2 N–H and O–H groups in total. The van der Waals surface area contributed by atoms with Crippen LogP contribution >= 0.6 is 0 Å². The van der Waals surface area contributed by atoms with Gasteiger partial charge in [0.15, 0.2) is 11.7 Å². The monoisotopic (exact) mass is 556 g/mol. The Kier molecular flexibility index (Phi) is 8.19. The molecule has 2 saturated heterocycles. The van der Waals surface area contributed by atoms with Crippen LogP contribution in [-0.2, 0) is 4.79 Å². The minimum atomic E-state index is -1.28. The number of aliphatic carboxylic acids is 1. The van der Waals surface area contributed by atoms with Crippen molar-refractivity contribution in [3.8, 4) is 0 Å². The summed E-state index contributed by atoms with van der Waals surface area (Å²) in [6.07, 6.45) is 14.4. The Bertz CT molecular complexity index is 1430. The van der Waals surface area contributed by atoms with Crippen molar-refractivity contribution in [2.24, 2.45) is 0 Å². The van der Waals surface area contributed by atoms with Gasteiger partial charge >= 0.3 is 5.97 Å². The van der Waals surface area contributed by atoms with Crippen molar-refractivity contribution in [3.05, 3.63) is 76.2 Å². The molecule has 3 fully saturated rings. The van der Waals surface area contributed by atoms with Crippen LogP contribution in [-0.4, -0.2) is 49.6 Å². The van der Waals surface area contributed by atoms with E-state index in [1.165, 1.54) is 51.4 Å². The van der Waals surface area contributed by atoms with Crippen LogP contribution < -0.4 is 10.9 Å². The van der Waals surface area contributed by atoms with Gasteiger partial charge in [0.2, 0.25) is 0 Å². The first-order valence-corrected chi connectivity index (χ1v) is 15.4. The Morgan fingerprint density at radius 2 is 1.39 bits per heavy atom. The Hall–Kier alpha value is -3.52. The van der Waals surface area contributed by atoms with E-state index in [-0.39, 0.29) is 11.7 Å². The van der Waals surface area contributed by atoms with Crippen LogP contribution in [0.4, 0.5) is 0 Å². The highest BCUT2D eigenvalue weighted by atomic mass is 16.4. The van der Waals surface area contributed by atoms with Crippen molar-refractivity contribution >= 4 is 22.9 Å². The lowest BCUT2D eigenvalue weighted by Crippen LogP contribution is -2.57. The predicted octanol–water partition coefficient (Wildman–Crippen LogP) is 5.62. The third-order valence-corrected chi connectivity index (χ3v) is 9.53. The maximum atomic E-state index is 14.1. The number of carbonyl (C=O) groups excluding carboxylic acids is 1. The van der Waals surface area contributed by atoms with E-state index in [1.54, 1.807) is 34.9 Å². The maximum Gasteiger partial charge on any atom is 0.330 e. The van der Waals surface area contributed by atoms with Crippen LogP contribution in [0.25, 0.3) is 11.0 Å². The third kappa shape index (κ3) is 5.67. The molecule has 0 spiro atoms. The molecule has 3 aliphatic rings. The Labute approximate surface area is 240 Å². The number of piperidine rings is 2. The lowest BCUT2D eigenvalue weighted by molar-refractivity contribution is -0.139. The fraction of sp³-hybridized carbons (Fsp3) is 0.515. The molecule has 3 heterocycles. The van der Waals surface area contributed by atoms with Gasteiger partial charge in [0.05, 0.1) is 11.0 Å². The number of carboxylic acid groups (broad SMARTS) is 1. The van der Waals surface area contributed by atoms with Gasteiger partial charge in [-0.2, -0.15) is 0 Å². The second-order valence-corrected chi connectivity index (χ2v) is 12.1. The second-order valence-electron chi connectivity index (χ2n) is 12.1. The van der Waals surface area contributed by atoms with E-state index in [2.05, 4.69) is 15.2 Å². The number of aromatic nitrogens is 2. The van der Waals surface area contributed by atoms with Gasteiger partial charge in [-0.05, 0) is 56.2 Å². The number of nitrogens with zero attached hydrogens (tertiary/aromatic N) is 3. The zero-order chi connectivity index (χ0) is 28.3. The van der Waals surface area contributed by atoms with E-state index in [4.69, 9.17) is 0 Å². The molecule has 1 aromatic heterocycles. The smallest absolute Gasteiger partial charge is 0.330 e. The van der Waals surface area contributed by atoms with Crippen LogP contribution in [0, 0.1) is 0 Å². The van der Waals surface area contributed by atoms with Gasteiger partial charge in [-0.3, -0.25) is 14.5 Å². The molecule has 2 aromatic carbocycles. The van der Waals surface area contributed by atoms with E-state index < -0.39 is 23.5 Å². The number of nitrogens with one attached hydrogen (secondary N) is 1. The predicted molar refractivity (Wildman–Crippen MR) is 158 cm³/mol. The standard InChI is InChI=1S/C33H40N4O4/c38-31(35-29(33(40)41)22-12-5-4-6-13-22)30-32(39)37(28-19-10-9-18-27(28)34-30)26-20-24-16-11-17-25(21-26)36(24)23-14-7-2-1-3-8-15-23/h4-6,9-10,12-13,18-19,23-26,29H,1-3,7-8,11,14-17,20-21H2,(H,35,38)(H,40,41)/t24-,25?,26?,29?/m0/s1. The molecule has 41 heavy (non-hydrogen) atoms. The molecule has 1 amide bonds. The lowest BCUT2D eigenvalue weighted by Gasteiger charge is -2.53. The van der Waals surface area contributed by atoms with E-state index in [1.807, 2.05) is 24.3 Å².